The average Bonchev–Trinajstić information content (AvgIpc) is 3.27. The molecule has 0 atom stereocenters. The second-order valence-corrected chi connectivity index (χ2v) is 12.6. The lowest BCUT2D eigenvalue weighted by Crippen LogP contribution is -2.47. The van der Waals surface area contributed by atoms with Crippen molar-refractivity contribution in [3.05, 3.63) is 53.6 Å². The van der Waals surface area contributed by atoms with Crippen LogP contribution in [0.3, 0.4) is 0 Å². The number of benzene rings is 1. The van der Waals surface area contributed by atoms with Gasteiger partial charge in [-0.25, -0.2) is 4.39 Å². The van der Waals surface area contributed by atoms with E-state index in [0.29, 0.717) is 0 Å². The number of nitrogens with zero attached hydrogens (tertiary/aromatic N) is 4. The van der Waals surface area contributed by atoms with Gasteiger partial charge in [-0.05, 0) is 68.1 Å². The molecule has 1 fully saturated rings. The maximum absolute atomic E-state index is 13.6. The molecule has 2 aliphatic heterocycles. The minimum absolute atomic E-state index is 0.0561. The monoisotopic (exact) mass is 518 g/mol. The third kappa shape index (κ3) is 5.86. The number of anilines is 1. The molecule has 0 spiro atoms. The summed E-state index contributed by atoms with van der Waals surface area (Å²) in [6.07, 6.45) is 4.08. The first-order valence-corrected chi connectivity index (χ1v) is 15.0. The largest absolute Gasteiger partial charge is 0.369 e. The Hall–Kier alpha value is -1.64. The number of piperazine rings is 1. The molecule has 2 aromatic rings. The first-order valence-electron chi connectivity index (χ1n) is 13.0. The molecule has 4 rings (SSSR count). The van der Waals surface area contributed by atoms with Crippen LogP contribution in [0.1, 0.15) is 49.7 Å². The van der Waals surface area contributed by atoms with Gasteiger partial charge in [0, 0.05) is 57.7 Å². The fourth-order valence-electron chi connectivity index (χ4n) is 5.37. The van der Waals surface area contributed by atoms with Crippen molar-refractivity contribution in [2.75, 3.05) is 62.2 Å². The van der Waals surface area contributed by atoms with Crippen LogP contribution in [0.5, 0.6) is 0 Å². The van der Waals surface area contributed by atoms with Crippen molar-refractivity contribution in [1.82, 2.24) is 14.4 Å². The highest BCUT2D eigenvalue weighted by molar-refractivity contribution is 8.17. The van der Waals surface area contributed by atoms with E-state index < -0.39 is 0 Å². The lowest BCUT2D eigenvalue weighted by atomic mass is 10.1. The molecule has 1 aromatic carbocycles. The summed E-state index contributed by atoms with van der Waals surface area (Å²) in [5.74, 6) is 2.09. The Morgan fingerprint density at radius 2 is 1.60 bits per heavy atom. The molecule has 0 bridgehead atoms. The van der Waals surface area contributed by atoms with E-state index in [0.717, 1.165) is 88.0 Å². The summed E-state index contributed by atoms with van der Waals surface area (Å²) >= 11 is 3.99. The van der Waals surface area contributed by atoms with Gasteiger partial charge in [0.25, 0.3) is 5.91 Å². The summed E-state index contributed by atoms with van der Waals surface area (Å²) in [6.45, 7) is 14.0. The molecule has 1 saturated heterocycles. The molecular weight excluding hydrogens is 479 g/mol. The maximum atomic E-state index is 13.6. The summed E-state index contributed by atoms with van der Waals surface area (Å²) in [7, 11) is 0. The SMILES string of the molecule is CCSC1(SCC)CCN(CCCN2CCN(c3ccc(F)cc3)CC2)C(=O)c2ccn(CC)c21. The molecule has 35 heavy (non-hydrogen) atoms. The van der Waals surface area contributed by atoms with Crippen molar-refractivity contribution >= 4 is 35.1 Å². The van der Waals surface area contributed by atoms with E-state index in [1.54, 1.807) is 0 Å². The number of rotatable bonds is 10. The minimum Gasteiger partial charge on any atom is -0.369 e. The Kier molecular flexibility index (Phi) is 9.11. The van der Waals surface area contributed by atoms with Gasteiger partial charge in [-0.1, -0.05) is 13.8 Å². The summed E-state index contributed by atoms with van der Waals surface area (Å²) < 4.78 is 15.5. The number of aromatic nitrogens is 1. The van der Waals surface area contributed by atoms with Crippen molar-refractivity contribution in [2.45, 2.75) is 44.2 Å². The van der Waals surface area contributed by atoms with E-state index in [1.807, 2.05) is 35.7 Å². The van der Waals surface area contributed by atoms with Gasteiger partial charge >= 0.3 is 0 Å². The number of amides is 1. The van der Waals surface area contributed by atoms with Gasteiger partial charge < -0.3 is 14.4 Å². The van der Waals surface area contributed by atoms with Crippen LogP contribution in [0.4, 0.5) is 10.1 Å². The van der Waals surface area contributed by atoms with Crippen LogP contribution in [-0.2, 0) is 10.6 Å². The van der Waals surface area contributed by atoms with Crippen LogP contribution >= 0.6 is 23.5 Å². The number of thioether (sulfide) groups is 2. The van der Waals surface area contributed by atoms with Crippen molar-refractivity contribution in [3.8, 4) is 0 Å². The van der Waals surface area contributed by atoms with Crippen LogP contribution in [0.15, 0.2) is 36.5 Å². The molecule has 0 saturated carbocycles. The van der Waals surface area contributed by atoms with Crippen LogP contribution in [-0.4, -0.2) is 77.6 Å². The molecule has 1 aromatic heterocycles. The first-order chi connectivity index (χ1) is 17.0. The van der Waals surface area contributed by atoms with Gasteiger partial charge in [-0.2, -0.15) is 0 Å². The zero-order chi connectivity index (χ0) is 24.8. The van der Waals surface area contributed by atoms with Gasteiger partial charge in [0.15, 0.2) is 0 Å². The highest BCUT2D eigenvalue weighted by atomic mass is 32.2. The number of fused-ring (bicyclic) bond motifs is 1. The molecule has 5 nitrogen and oxygen atoms in total. The smallest absolute Gasteiger partial charge is 0.255 e. The van der Waals surface area contributed by atoms with Crippen molar-refractivity contribution < 1.29 is 9.18 Å². The molecule has 192 valence electrons. The number of carbonyl (C=O) groups is 1. The molecule has 0 radical (unpaired) electrons. The van der Waals surface area contributed by atoms with E-state index in [-0.39, 0.29) is 15.8 Å². The Labute approximate surface area is 218 Å². The van der Waals surface area contributed by atoms with E-state index in [4.69, 9.17) is 0 Å². The predicted molar refractivity (Wildman–Crippen MR) is 148 cm³/mol. The molecule has 3 heterocycles. The van der Waals surface area contributed by atoms with Gasteiger partial charge in [0.1, 0.15) is 9.90 Å². The first kappa shape index (κ1) is 26.4. The van der Waals surface area contributed by atoms with Crippen LogP contribution in [0, 0.1) is 5.82 Å². The minimum atomic E-state index is -0.187. The van der Waals surface area contributed by atoms with E-state index in [1.165, 1.54) is 17.8 Å². The molecule has 0 N–H and O–H groups in total. The molecule has 1 amide bonds. The van der Waals surface area contributed by atoms with Gasteiger partial charge in [0.05, 0.1) is 11.3 Å². The Balaban J connectivity index is 1.36. The summed E-state index contributed by atoms with van der Waals surface area (Å²) in [5, 5.41) is 0. The van der Waals surface area contributed by atoms with Gasteiger partial charge in [0.2, 0.25) is 0 Å². The molecule has 8 heteroatoms. The number of aryl methyl sites for hydroxylation is 1. The Bertz CT molecular complexity index is 966. The van der Waals surface area contributed by atoms with Gasteiger partial charge in [-0.15, -0.1) is 23.5 Å². The predicted octanol–water partition coefficient (Wildman–Crippen LogP) is 5.36. The van der Waals surface area contributed by atoms with E-state index >= 15 is 0 Å². The fraction of sp³-hybridized carbons (Fsp3) is 0.593. The molecule has 0 aliphatic carbocycles. The highest BCUT2D eigenvalue weighted by Gasteiger charge is 2.42. The zero-order valence-corrected chi connectivity index (χ0v) is 23.0. The maximum Gasteiger partial charge on any atom is 0.255 e. The van der Waals surface area contributed by atoms with Gasteiger partial charge in [-0.3, -0.25) is 9.69 Å². The second kappa shape index (κ2) is 12.1. The van der Waals surface area contributed by atoms with Crippen LogP contribution in [0.25, 0.3) is 0 Å². The highest BCUT2D eigenvalue weighted by Crippen LogP contribution is 2.52. The topological polar surface area (TPSA) is 31.7 Å². The fourth-order valence-corrected chi connectivity index (χ4v) is 8.55. The lowest BCUT2D eigenvalue weighted by molar-refractivity contribution is 0.0752. The van der Waals surface area contributed by atoms with Crippen LogP contribution in [0.2, 0.25) is 0 Å². The third-order valence-electron chi connectivity index (χ3n) is 7.11. The Morgan fingerprint density at radius 3 is 2.23 bits per heavy atom. The van der Waals surface area contributed by atoms with E-state index in [9.17, 15) is 9.18 Å². The third-order valence-corrected chi connectivity index (χ3v) is 10.1. The van der Waals surface area contributed by atoms with Crippen LogP contribution < -0.4 is 4.90 Å². The Morgan fingerprint density at radius 1 is 0.914 bits per heavy atom. The second-order valence-electron chi connectivity index (χ2n) is 9.18. The summed E-state index contributed by atoms with van der Waals surface area (Å²) in [5.41, 5.74) is 3.22. The molecule has 2 aliphatic rings. The van der Waals surface area contributed by atoms with Crippen molar-refractivity contribution in [1.29, 1.82) is 0 Å². The molecular formula is C27H39FN4OS2. The molecule has 0 unspecified atom stereocenters. The summed E-state index contributed by atoms with van der Waals surface area (Å²) in [4.78, 5) is 20.5. The number of carbonyl (C=O) groups excluding carboxylic acids is 1. The van der Waals surface area contributed by atoms with Crippen molar-refractivity contribution in [2.24, 2.45) is 0 Å². The average molecular weight is 519 g/mol. The lowest BCUT2D eigenvalue weighted by Gasteiger charge is -2.36. The number of halogens is 1. The summed E-state index contributed by atoms with van der Waals surface area (Å²) in [6, 6.07) is 8.85. The quantitative estimate of drug-likeness (QED) is 0.395. The normalized spacial score (nSPS) is 18.6. The zero-order valence-electron chi connectivity index (χ0n) is 21.3. The number of hydrogen-bond donors (Lipinski definition) is 0. The number of hydrogen-bond acceptors (Lipinski definition) is 5. The standard InChI is InChI=1S/C27H39FN4OS2/c1-4-30-16-12-24-25(30)27(34-5-2,35-6-3)13-17-32(26(24)33)15-7-14-29-18-20-31(21-19-29)23-10-8-22(28)9-11-23/h8-12,16H,4-7,13-15,17-21H2,1-3H3. The van der Waals surface area contributed by atoms with Crippen molar-refractivity contribution in [3.63, 3.8) is 0 Å². The van der Waals surface area contributed by atoms with E-state index in [2.05, 4.69) is 52.3 Å².